The summed E-state index contributed by atoms with van der Waals surface area (Å²) in [5.74, 6) is -1.44. The van der Waals surface area contributed by atoms with Crippen molar-refractivity contribution < 1.29 is 19.1 Å². The Morgan fingerprint density at radius 2 is 2.05 bits per heavy atom. The maximum absolute atomic E-state index is 12.9. The van der Waals surface area contributed by atoms with Gasteiger partial charge in [0.05, 0.1) is 0 Å². The van der Waals surface area contributed by atoms with E-state index in [9.17, 15) is 14.0 Å². The summed E-state index contributed by atoms with van der Waals surface area (Å²) in [6, 6.07) is 3.74. The van der Waals surface area contributed by atoms with E-state index in [1.165, 1.54) is 18.2 Å². The summed E-state index contributed by atoms with van der Waals surface area (Å²) >= 11 is 0. The molecule has 2 amide bonds. The molecule has 0 aromatic heterocycles. The first-order valence-electron chi connectivity index (χ1n) is 5.94. The van der Waals surface area contributed by atoms with E-state index in [4.69, 9.17) is 5.11 Å². The van der Waals surface area contributed by atoms with Crippen molar-refractivity contribution in [2.75, 3.05) is 5.32 Å². The number of halogens is 1. The molecule has 1 atom stereocenters. The van der Waals surface area contributed by atoms with Crippen LogP contribution in [-0.4, -0.2) is 23.1 Å². The van der Waals surface area contributed by atoms with Gasteiger partial charge in [-0.2, -0.15) is 0 Å². The number of rotatable bonds is 5. The fourth-order valence-electron chi connectivity index (χ4n) is 1.58. The van der Waals surface area contributed by atoms with E-state index in [2.05, 4.69) is 10.6 Å². The summed E-state index contributed by atoms with van der Waals surface area (Å²) < 4.78 is 12.9. The summed E-state index contributed by atoms with van der Waals surface area (Å²) in [6.07, 6.45) is 0.325. The molecular weight excluding hydrogens is 251 g/mol. The Labute approximate surface area is 110 Å². The number of carboxylic acids is 1. The molecule has 0 heterocycles. The first-order chi connectivity index (χ1) is 8.88. The third kappa shape index (κ3) is 5.37. The van der Waals surface area contributed by atoms with Gasteiger partial charge in [0.1, 0.15) is 11.9 Å². The van der Waals surface area contributed by atoms with Gasteiger partial charge in [-0.3, -0.25) is 0 Å². The molecule has 1 aromatic carbocycles. The fourth-order valence-corrected chi connectivity index (χ4v) is 1.58. The largest absolute Gasteiger partial charge is 0.480 e. The normalized spacial score (nSPS) is 12.0. The lowest BCUT2D eigenvalue weighted by atomic mass is 10.0. The number of urea groups is 1. The van der Waals surface area contributed by atoms with Crippen molar-refractivity contribution in [2.24, 2.45) is 5.92 Å². The molecule has 0 radical (unpaired) electrons. The van der Waals surface area contributed by atoms with E-state index in [0.29, 0.717) is 6.42 Å². The number of hydrogen-bond donors (Lipinski definition) is 3. The van der Waals surface area contributed by atoms with E-state index in [1.54, 1.807) is 0 Å². The zero-order valence-electron chi connectivity index (χ0n) is 10.8. The van der Waals surface area contributed by atoms with Gasteiger partial charge in [0.15, 0.2) is 0 Å². The molecule has 0 unspecified atom stereocenters. The minimum atomic E-state index is -1.09. The number of carbonyl (C=O) groups is 2. The summed E-state index contributed by atoms with van der Waals surface area (Å²) in [5, 5.41) is 13.7. The van der Waals surface area contributed by atoms with E-state index in [1.807, 2.05) is 13.8 Å². The van der Waals surface area contributed by atoms with Crippen molar-refractivity contribution in [3.8, 4) is 0 Å². The first kappa shape index (κ1) is 14.9. The molecule has 19 heavy (non-hydrogen) atoms. The number of carbonyl (C=O) groups excluding carboxylic acids is 1. The van der Waals surface area contributed by atoms with Gasteiger partial charge < -0.3 is 15.7 Å². The zero-order valence-corrected chi connectivity index (χ0v) is 10.8. The number of amides is 2. The van der Waals surface area contributed by atoms with Crippen LogP contribution >= 0.6 is 0 Å². The van der Waals surface area contributed by atoms with E-state index < -0.39 is 23.9 Å². The summed E-state index contributed by atoms with van der Waals surface area (Å²) in [5.41, 5.74) is 0.270. The number of benzene rings is 1. The molecule has 0 fully saturated rings. The van der Waals surface area contributed by atoms with Crippen LogP contribution in [0.25, 0.3) is 0 Å². The van der Waals surface area contributed by atoms with Gasteiger partial charge in [-0.25, -0.2) is 14.0 Å². The quantitative estimate of drug-likeness (QED) is 0.767. The second-order valence-electron chi connectivity index (χ2n) is 4.63. The number of nitrogens with one attached hydrogen (secondary N) is 2. The van der Waals surface area contributed by atoms with Crippen LogP contribution in [0.3, 0.4) is 0 Å². The van der Waals surface area contributed by atoms with E-state index in [-0.39, 0.29) is 11.6 Å². The number of carboxylic acid groups (broad SMARTS) is 1. The summed E-state index contributed by atoms with van der Waals surface area (Å²) in [6.45, 7) is 3.73. The van der Waals surface area contributed by atoms with E-state index >= 15 is 0 Å². The molecule has 6 heteroatoms. The maximum atomic E-state index is 12.9. The number of anilines is 1. The summed E-state index contributed by atoms with van der Waals surface area (Å²) in [7, 11) is 0. The molecule has 0 aliphatic carbocycles. The molecule has 1 rings (SSSR count). The van der Waals surface area contributed by atoms with Crippen LogP contribution in [0.5, 0.6) is 0 Å². The van der Waals surface area contributed by atoms with Crippen LogP contribution in [0, 0.1) is 11.7 Å². The van der Waals surface area contributed by atoms with Gasteiger partial charge >= 0.3 is 12.0 Å². The Hall–Kier alpha value is -2.11. The first-order valence-corrected chi connectivity index (χ1v) is 5.94. The third-order valence-electron chi connectivity index (χ3n) is 2.39. The minimum Gasteiger partial charge on any atom is -0.480 e. The van der Waals surface area contributed by atoms with Crippen molar-refractivity contribution in [1.29, 1.82) is 0 Å². The van der Waals surface area contributed by atoms with Crippen LogP contribution in [-0.2, 0) is 4.79 Å². The third-order valence-corrected chi connectivity index (χ3v) is 2.39. The lowest BCUT2D eigenvalue weighted by molar-refractivity contribution is -0.139. The second kappa shape index (κ2) is 6.72. The number of aliphatic carboxylic acids is 1. The molecule has 0 bridgehead atoms. The Kier molecular flexibility index (Phi) is 5.29. The Morgan fingerprint density at radius 1 is 1.37 bits per heavy atom. The SMILES string of the molecule is CC(C)C[C@H](NC(=O)Nc1cccc(F)c1)C(=O)O. The van der Waals surface area contributed by atoms with Crippen molar-refractivity contribution in [1.82, 2.24) is 5.32 Å². The van der Waals surface area contributed by atoms with Crippen molar-refractivity contribution >= 4 is 17.7 Å². The Bertz CT molecular complexity index is 463. The molecule has 104 valence electrons. The average molecular weight is 268 g/mol. The smallest absolute Gasteiger partial charge is 0.326 e. The van der Waals surface area contributed by atoms with Gasteiger partial charge in [-0.05, 0) is 30.5 Å². The average Bonchev–Trinajstić information content (AvgIpc) is 2.27. The van der Waals surface area contributed by atoms with Crippen molar-refractivity contribution in [3.05, 3.63) is 30.1 Å². The number of hydrogen-bond acceptors (Lipinski definition) is 2. The Balaban J connectivity index is 2.60. The molecule has 0 saturated heterocycles. The lowest BCUT2D eigenvalue weighted by Crippen LogP contribution is -2.43. The standard InChI is InChI=1S/C13H17FN2O3/c1-8(2)6-11(12(17)18)16-13(19)15-10-5-3-4-9(14)7-10/h3-5,7-8,11H,6H2,1-2H3,(H,17,18)(H2,15,16,19)/t11-/m0/s1. The van der Waals surface area contributed by atoms with Crippen LogP contribution in [0.4, 0.5) is 14.9 Å². The topological polar surface area (TPSA) is 78.4 Å². The van der Waals surface area contributed by atoms with Gasteiger partial charge in [-0.15, -0.1) is 0 Å². The Morgan fingerprint density at radius 3 is 2.58 bits per heavy atom. The highest BCUT2D eigenvalue weighted by atomic mass is 19.1. The second-order valence-corrected chi connectivity index (χ2v) is 4.63. The molecule has 5 nitrogen and oxygen atoms in total. The van der Waals surface area contributed by atoms with Crippen LogP contribution in [0.2, 0.25) is 0 Å². The van der Waals surface area contributed by atoms with E-state index in [0.717, 1.165) is 6.07 Å². The van der Waals surface area contributed by atoms with Crippen molar-refractivity contribution in [2.45, 2.75) is 26.3 Å². The fraction of sp³-hybridized carbons (Fsp3) is 0.385. The zero-order chi connectivity index (χ0) is 14.4. The molecule has 3 N–H and O–H groups in total. The highest BCUT2D eigenvalue weighted by Crippen LogP contribution is 2.09. The maximum Gasteiger partial charge on any atom is 0.326 e. The van der Waals surface area contributed by atoms with Gasteiger partial charge in [0.2, 0.25) is 0 Å². The molecule has 1 aromatic rings. The molecule has 0 saturated carbocycles. The molecule has 0 spiro atoms. The van der Waals surface area contributed by atoms with Crippen LogP contribution in [0.15, 0.2) is 24.3 Å². The van der Waals surface area contributed by atoms with Gasteiger partial charge in [-0.1, -0.05) is 19.9 Å². The monoisotopic (exact) mass is 268 g/mol. The highest BCUT2D eigenvalue weighted by molar-refractivity contribution is 5.92. The minimum absolute atomic E-state index is 0.135. The van der Waals surface area contributed by atoms with Crippen molar-refractivity contribution in [3.63, 3.8) is 0 Å². The molecular formula is C13H17FN2O3. The lowest BCUT2D eigenvalue weighted by Gasteiger charge is -2.16. The summed E-state index contributed by atoms with van der Waals surface area (Å²) in [4.78, 5) is 22.6. The van der Waals surface area contributed by atoms with Gasteiger partial charge in [0.25, 0.3) is 0 Å². The van der Waals surface area contributed by atoms with Crippen LogP contribution in [0.1, 0.15) is 20.3 Å². The molecule has 0 aliphatic heterocycles. The predicted molar refractivity (Wildman–Crippen MR) is 69.4 cm³/mol. The molecule has 0 aliphatic rings. The van der Waals surface area contributed by atoms with Gasteiger partial charge in [0, 0.05) is 5.69 Å². The van der Waals surface area contributed by atoms with Crippen LogP contribution < -0.4 is 10.6 Å². The highest BCUT2D eigenvalue weighted by Gasteiger charge is 2.20. The predicted octanol–water partition coefficient (Wildman–Crippen LogP) is 2.45.